The van der Waals surface area contributed by atoms with Crippen LogP contribution in [0.25, 0.3) is 23.0 Å². The second kappa shape index (κ2) is 4.83. The molecule has 0 aliphatic rings. The fraction of sp³-hybridized carbons (Fsp3) is 0.250. The number of nitrogens with zero attached hydrogens (tertiary/aromatic N) is 8. The Morgan fingerprint density at radius 1 is 1.25 bits per heavy atom. The number of aromatic nitrogens is 10. The normalized spacial score (nSPS) is 10.7. The predicted molar refractivity (Wildman–Crippen MR) is 60.6 cm³/mol. The first-order valence-corrected chi connectivity index (χ1v) is 5.39. The number of methoxy groups -OCH3 is 1. The lowest BCUT2D eigenvalue weighted by atomic mass is 10.3. The van der Waals surface area contributed by atoms with E-state index in [4.69, 9.17) is 0 Å². The highest BCUT2D eigenvalue weighted by atomic mass is 16.5. The van der Waals surface area contributed by atoms with Gasteiger partial charge in [0.1, 0.15) is 17.9 Å². The van der Waals surface area contributed by atoms with Gasteiger partial charge in [0.25, 0.3) is 0 Å². The molecule has 2 N–H and O–H groups in total. The number of nitrogens with one attached hydrogen (secondary N) is 2. The number of rotatable bonds is 4. The molecule has 0 amide bonds. The van der Waals surface area contributed by atoms with Gasteiger partial charge in [-0.3, -0.25) is 4.79 Å². The molecule has 3 aromatic rings. The highest BCUT2D eigenvalue weighted by molar-refractivity contribution is 5.74. The highest BCUT2D eigenvalue weighted by Crippen LogP contribution is 2.25. The van der Waals surface area contributed by atoms with Crippen molar-refractivity contribution in [2.24, 2.45) is 0 Å². The minimum atomic E-state index is -0.432. The molecule has 0 aliphatic carbocycles. The molecule has 3 aromatic heterocycles. The summed E-state index contributed by atoms with van der Waals surface area (Å²) in [5, 5.41) is 26.8. The van der Waals surface area contributed by atoms with Crippen molar-refractivity contribution in [1.82, 2.24) is 50.8 Å². The van der Waals surface area contributed by atoms with Gasteiger partial charge in [0, 0.05) is 0 Å². The van der Waals surface area contributed by atoms with E-state index in [0.717, 1.165) is 0 Å². The van der Waals surface area contributed by atoms with Crippen molar-refractivity contribution in [1.29, 1.82) is 0 Å². The Kier molecular flexibility index (Phi) is 2.87. The summed E-state index contributed by atoms with van der Waals surface area (Å²) in [5.74, 6) is 0.233. The third-order valence-corrected chi connectivity index (χ3v) is 2.50. The van der Waals surface area contributed by atoms with Gasteiger partial charge in [0.05, 0.1) is 13.4 Å². The second-order valence-electron chi connectivity index (χ2n) is 3.65. The van der Waals surface area contributed by atoms with Crippen LogP contribution in [0.1, 0.15) is 0 Å². The summed E-state index contributed by atoms with van der Waals surface area (Å²) in [6.07, 6.45) is 1.45. The van der Waals surface area contributed by atoms with E-state index in [1.165, 1.54) is 18.0 Å². The fourth-order valence-electron chi connectivity index (χ4n) is 1.65. The predicted octanol–water partition coefficient (Wildman–Crippen LogP) is -1.58. The third-order valence-electron chi connectivity index (χ3n) is 2.50. The van der Waals surface area contributed by atoms with Gasteiger partial charge in [-0.2, -0.15) is 0 Å². The molecule has 0 saturated heterocycles. The minimum absolute atomic E-state index is 0.0406. The van der Waals surface area contributed by atoms with Gasteiger partial charge < -0.3 is 9.30 Å². The zero-order chi connectivity index (χ0) is 13.9. The summed E-state index contributed by atoms with van der Waals surface area (Å²) in [7, 11) is 1.30. The van der Waals surface area contributed by atoms with Crippen LogP contribution in [0.15, 0.2) is 6.33 Å². The molecular formula is C8H8N10O2. The molecule has 0 fully saturated rings. The molecule has 12 heteroatoms. The number of hydrogen-bond donors (Lipinski definition) is 2. The molecule has 0 spiro atoms. The average molecular weight is 276 g/mol. The van der Waals surface area contributed by atoms with Gasteiger partial charge >= 0.3 is 5.97 Å². The number of imidazole rings is 1. The summed E-state index contributed by atoms with van der Waals surface area (Å²) >= 11 is 0. The van der Waals surface area contributed by atoms with Crippen LogP contribution in [0.2, 0.25) is 0 Å². The first-order chi connectivity index (χ1) is 9.79. The van der Waals surface area contributed by atoms with Crippen molar-refractivity contribution in [3.63, 3.8) is 0 Å². The molecule has 0 radical (unpaired) electrons. The lowest BCUT2D eigenvalue weighted by Crippen LogP contribution is -2.12. The molecule has 12 nitrogen and oxygen atoms in total. The van der Waals surface area contributed by atoms with Gasteiger partial charge in [-0.25, -0.2) is 15.2 Å². The quantitative estimate of drug-likeness (QED) is 0.537. The standard InChI is InChI=1S/C8H8N10O2/c1-20-4(19)2-18-3-9-5(7-10-14-15-11-7)6(18)8-12-16-17-13-8/h3H,2H2,1H3,(H,10,11,14,15)(H,12,13,16,17). The summed E-state index contributed by atoms with van der Waals surface area (Å²) in [6.45, 7) is -0.0406. The summed E-state index contributed by atoms with van der Waals surface area (Å²) in [5.41, 5.74) is 0.886. The van der Waals surface area contributed by atoms with Crippen molar-refractivity contribution < 1.29 is 9.53 Å². The lowest BCUT2D eigenvalue weighted by Gasteiger charge is -2.04. The molecule has 0 aliphatic heterocycles. The van der Waals surface area contributed by atoms with E-state index >= 15 is 0 Å². The smallest absolute Gasteiger partial charge is 0.325 e. The Labute approximate surface area is 110 Å². The number of carbonyl (C=O) groups excluding carboxylic acids is 1. The zero-order valence-electron chi connectivity index (χ0n) is 10.2. The van der Waals surface area contributed by atoms with Crippen LogP contribution in [-0.2, 0) is 16.1 Å². The topological polar surface area (TPSA) is 153 Å². The number of aromatic amines is 2. The number of ether oxygens (including phenoxy) is 1. The number of tetrazole rings is 2. The zero-order valence-corrected chi connectivity index (χ0v) is 10.2. The van der Waals surface area contributed by atoms with Crippen LogP contribution in [-0.4, -0.2) is 63.9 Å². The van der Waals surface area contributed by atoms with E-state index in [0.29, 0.717) is 23.0 Å². The number of hydrogen-bond acceptors (Lipinski definition) is 9. The monoisotopic (exact) mass is 276 g/mol. The van der Waals surface area contributed by atoms with Gasteiger partial charge in [-0.15, -0.1) is 10.2 Å². The molecule has 0 atom stereocenters. The Hall–Kier alpha value is -3.18. The van der Waals surface area contributed by atoms with Gasteiger partial charge in [-0.1, -0.05) is 0 Å². The van der Waals surface area contributed by atoms with Crippen molar-refractivity contribution in [3.8, 4) is 23.0 Å². The van der Waals surface area contributed by atoms with Crippen LogP contribution >= 0.6 is 0 Å². The van der Waals surface area contributed by atoms with E-state index in [-0.39, 0.29) is 6.54 Å². The maximum absolute atomic E-state index is 11.4. The number of esters is 1. The van der Waals surface area contributed by atoms with E-state index in [1.807, 2.05) is 0 Å². The summed E-state index contributed by atoms with van der Waals surface area (Å²) < 4.78 is 6.16. The molecule has 3 rings (SSSR count). The van der Waals surface area contributed by atoms with Crippen LogP contribution in [0.5, 0.6) is 0 Å². The van der Waals surface area contributed by atoms with E-state index in [2.05, 4.69) is 51.0 Å². The SMILES string of the molecule is COC(=O)Cn1cnc(-c2nnn[nH]2)c1-c1nnn[nH]1. The maximum atomic E-state index is 11.4. The first-order valence-electron chi connectivity index (χ1n) is 5.39. The second-order valence-corrected chi connectivity index (χ2v) is 3.65. The third kappa shape index (κ3) is 1.98. The van der Waals surface area contributed by atoms with Crippen molar-refractivity contribution in [3.05, 3.63) is 6.33 Å². The Morgan fingerprint density at radius 3 is 2.55 bits per heavy atom. The van der Waals surface area contributed by atoms with Crippen LogP contribution in [0, 0.1) is 0 Å². The van der Waals surface area contributed by atoms with Crippen molar-refractivity contribution in [2.75, 3.05) is 7.11 Å². The average Bonchev–Trinajstić information content (AvgIpc) is 3.18. The minimum Gasteiger partial charge on any atom is -0.468 e. The van der Waals surface area contributed by atoms with Gasteiger partial charge in [0.2, 0.25) is 0 Å². The number of carbonyl (C=O) groups is 1. The highest BCUT2D eigenvalue weighted by Gasteiger charge is 2.21. The maximum Gasteiger partial charge on any atom is 0.325 e. The molecular weight excluding hydrogens is 268 g/mol. The summed E-state index contributed by atoms with van der Waals surface area (Å²) in [4.78, 5) is 15.6. The van der Waals surface area contributed by atoms with Gasteiger partial charge in [-0.05, 0) is 20.9 Å². The van der Waals surface area contributed by atoms with Gasteiger partial charge in [0.15, 0.2) is 11.6 Å². The fourth-order valence-corrected chi connectivity index (χ4v) is 1.65. The van der Waals surface area contributed by atoms with E-state index in [9.17, 15) is 4.79 Å². The summed E-state index contributed by atoms with van der Waals surface area (Å²) in [6, 6.07) is 0. The Balaban J connectivity index is 2.10. The molecule has 102 valence electrons. The van der Waals surface area contributed by atoms with Crippen molar-refractivity contribution >= 4 is 5.97 Å². The lowest BCUT2D eigenvalue weighted by molar-refractivity contribution is -0.141. The van der Waals surface area contributed by atoms with Crippen LogP contribution in [0.3, 0.4) is 0 Å². The Bertz CT molecular complexity index is 700. The molecule has 0 saturated carbocycles. The van der Waals surface area contributed by atoms with E-state index in [1.54, 1.807) is 0 Å². The number of H-pyrrole nitrogens is 2. The Morgan fingerprint density at radius 2 is 1.95 bits per heavy atom. The van der Waals surface area contributed by atoms with Crippen LogP contribution in [0.4, 0.5) is 0 Å². The largest absolute Gasteiger partial charge is 0.468 e. The molecule has 0 unspecified atom stereocenters. The van der Waals surface area contributed by atoms with E-state index < -0.39 is 5.97 Å². The first kappa shape index (κ1) is 11.9. The van der Waals surface area contributed by atoms with Crippen LogP contribution < -0.4 is 0 Å². The van der Waals surface area contributed by atoms with Crippen molar-refractivity contribution in [2.45, 2.75) is 6.54 Å². The molecule has 0 bridgehead atoms. The molecule has 0 aromatic carbocycles. The molecule has 20 heavy (non-hydrogen) atoms. The molecule has 3 heterocycles.